The Labute approximate surface area is 165 Å². The van der Waals surface area contributed by atoms with Crippen LogP contribution in [-0.2, 0) is 4.74 Å². The van der Waals surface area contributed by atoms with Gasteiger partial charge in [0.15, 0.2) is 11.6 Å². The molecule has 0 radical (unpaired) electrons. The van der Waals surface area contributed by atoms with Crippen LogP contribution in [0.4, 0.5) is 9.18 Å². The van der Waals surface area contributed by atoms with Crippen LogP contribution < -0.4 is 4.74 Å². The molecule has 0 atom stereocenters. The molecule has 1 aliphatic rings. The molecular weight excluding hydrogens is 361 g/mol. The molecule has 152 valence electrons. The highest BCUT2D eigenvalue weighted by molar-refractivity contribution is 5.68. The van der Waals surface area contributed by atoms with E-state index >= 15 is 0 Å². The number of piperidine rings is 1. The van der Waals surface area contributed by atoms with Gasteiger partial charge >= 0.3 is 6.09 Å². The quantitative estimate of drug-likeness (QED) is 0.771. The van der Waals surface area contributed by atoms with Crippen molar-refractivity contribution < 1.29 is 18.7 Å². The highest BCUT2D eigenvalue weighted by Gasteiger charge is 2.28. The number of amides is 1. The van der Waals surface area contributed by atoms with Gasteiger partial charge in [-0.3, -0.25) is 4.68 Å². The molecule has 1 aromatic carbocycles. The number of carbonyl (C=O) groups excluding carboxylic acids is 1. The van der Waals surface area contributed by atoms with Crippen LogP contribution in [0, 0.1) is 12.7 Å². The highest BCUT2D eigenvalue weighted by atomic mass is 19.1. The monoisotopic (exact) mass is 389 g/mol. The second-order valence-corrected chi connectivity index (χ2v) is 8.16. The number of aromatic nitrogens is 2. The van der Waals surface area contributed by atoms with E-state index in [-0.39, 0.29) is 17.9 Å². The molecule has 0 unspecified atom stereocenters. The standard InChI is InChI=1S/C21H28FN3O3/c1-14-12-18(15-6-7-19(27-5)17(22)13-15)23-25(14)16-8-10-24(11-9-16)20(26)28-21(2,3)4/h6-7,12-13,16H,8-11H2,1-5H3. The number of hydrogen-bond donors (Lipinski definition) is 0. The number of hydrogen-bond acceptors (Lipinski definition) is 4. The van der Waals surface area contributed by atoms with Crippen molar-refractivity contribution in [2.75, 3.05) is 20.2 Å². The molecule has 0 N–H and O–H groups in total. The minimum absolute atomic E-state index is 0.204. The van der Waals surface area contributed by atoms with Crippen molar-refractivity contribution in [3.8, 4) is 17.0 Å². The Morgan fingerprint density at radius 3 is 2.46 bits per heavy atom. The van der Waals surface area contributed by atoms with Crippen LogP contribution in [0.25, 0.3) is 11.3 Å². The van der Waals surface area contributed by atoms with Crippen LogP contribution in [0.1, 0.15) is 45.3 Å². The van der Waals surface area contributed by atoms with Crippen molar-refractivity contribution >= 4 is 6.09 Å². The van der Waals surface area contributed by atoms with Crippen LogP contribution in [-0.4, -0.2) is 46.6 Å². The zero-order valence-electron chi connectivity index (χ0n) is 17.2. The molecule has 0 spiro atoms. The zero-order valence-corrected chi connectivity index (χ0v) is 17.2. The first kappa shape index (κ1) is 20.2. The third-order valence-corrected chi connectivity index (χ3v) is 4.83. The molecule has 1 aromatic heterocycles. The summed E-state index contributed by atoms with van der Waals surface area (Å²) in [5.74, 6) is -0.188. The normalized spacial score (nSPS) is 15.6. The predicted molar refractivity (Wildman–Crippen MR) is 105 cm³/mol. The smallest absolute Gasteiger partial charge is 0.410 e. The maximum absolute atomic E-state index is 14.0. The maximum atomic E-state index is 14.0. The number of carbonyl (C=O) groups is 1. The van der Waals surface area contributed by atoms with Crippen LogP contribution in [0.2, 0.25) is 0 Å². The Balaban J connectivity index is 1.69. The van der Waals surface area contributed by atoms with E-state index in [0.717, 1.165) is 24.2 Å². The van der Waals surface area contributed by atoms with E-state index < -0.39 is 11.4 Å². The lowest BCUT2D eigenvalue weighted by Gasteiger charge is -2.33. The molecule has 2 aromatic rings. The van der Waals surface area contributed by atoms with Crippen LogP contribution >= 0.6 is 0 Å². The Morgan fingerprint density at radius 1 is 1.21 bits per heavy atom. The van der Waals surface area contributed by atoms with E-state index in [1.807, 2.05) is 38.4 Å². The van der Waals surface area contributed by atoms with E-state index in [9.17, 15) is 9.18 Å². The number of ether oxygens (including phenoxy) is 2. The first-order chi connectivity index (χ1) is 13.2. The number of aryl methyl sites for hydroxylation is 1. The molecule has 0 aliphatic carbocycles. The summed E-state index contributed by atoms with van der Waals surface area (Å²) in [6.07, 6.45) is 1.34. The lowest BCUT2D eigenvalue weighted by atomic mass is 10.1. The number of halogens is 1. The summed E-state index contributed by atoms with van der Waals surface area (Å²) in [7, 11) is 1.45. The van der Waals surface area contributed by atoms with E-state index in [1.54, 1.807) is 17.0 Å². The van der Waals surface area contributed by atoms with Crippen LogP contribution in [0.5, 0.6) is 5.75 Å². The molecule has 2 heterocycles. The van der Waals surface area contributed by atoms with Crippen molar-refractivity contribution in [1.29, 1.82) is 0 Å². The van der Waals surface area contributed by atoms with Crippen molar-refractivity contribution in [2.45, 2.75) is 52.2 Å². The van der Waals surface area contributed by atoms with Gasteiger partial charge in [-0.2, -0.15) is 5.10 Å². The molecule has 0 saturated carbocycles. The first-order valence-electron chi connectivity index (χ1n) is 9.56. The number of rotatable bonds is 3. The zero-order chi connectivity index (χ0) is 20.5. The third-order valence-electron chi connectivity index (χ3n) is 4.83. The lowest BCUT2D eigenvalue weighted by Crippen LogP contribution is -2.42. The fourth-order valence-electron chi connectivity index (χ4n) is 3.44. The number of benzene rings is 1. The predicted octanol–water partition coefficient (Wildman–Crippen LogP) is 4.58. The molecule has 28 heavy (non-hydrogen) atoms. The third kappa shape index (κ3) is 4.46. The molecule has 1 aliphatic heterocycles. The SMILES string of the molecule is COc1ccc(-c2cc(C)n(C3CCN(C(=O)OC(C)(C)C)CC3)n2)cc1F. The minimum Gasteiger partial charge on any atom is -0.494 e. The van der Waals surface area contributed by atoms with Crippen molar-refractivity contribution in [2.24, 2.45) is 0 Å². The van der Waals surface area contributed by atoms with Gasteiger partial charge in [-0.15, -0.1) is 0 Å². The van der Waals surface area contributed by atoms with Gasteiger partial charge in [-0.05, 0) is 64.8 Å². The van der Waals surface area contributed by atoms with Crippen molar-refractivity contribution in [1.82, 2.24) is 14.7 Å². The van der Waals surface area contributed by atoms with Crippen molar-refractivity contribution in [3.63, 3.8) is 0 Å². The summed E-state index contributed by atoms with van der Waals surface area (Å²) < 4.78 is 26.4. The van der Waals surface area contributed by atoms with Crippen molar-refractivity contribution in [3.05, 3.63) is 35.8 Å². The largest absolute Gasteiger partial charge is 0.494 e. The minimum atomic E-state index is -0.491. The Morgan fingerprint density at radius 2 is 1.89 bits per heavy atom. The summed E-state index contributed by atoms with van der Waals surface area (Å²) in [6.45, 7) is 8.87. The molecule has 1 fully saturated rings. The van der Waals surface area contributed by atoms with Gasteiger partial charge in [0.1, 0.15) is 5.60 Å². The molecule has 1 amide bonds. The molecule has 6 nitrogen and oxygen atoms in total. The van der Waals surface area contributed by atoms with Gasteiger partial charge in [0.25, 0.3) is 0 Å². The van der Waals surface area contributed by atoms with E-state index in [2.05, 4.69) is 0 Å². The topological polar surface area (TPSA) is 56.6 Å². The molecule has 3 rings (SSSR count). The molecule has 1 saturated heterocycles. The second kappa shape index (κ2) is 7.81. The summed E-state index contributed by atoms with van der Waals surface area (Å²) in [5, 5.41) is 4.70. The van der Waals surface area contributed by atoms with Gasteiger partial charge in [0.2, 0.25) is 0 Å². The lowest BCUT2D eigenvalue weighted by molar-refractivity contribution is 0.0184. The maximum Gasteiger partial charge on any atom is 0.410 e. The first-order valence-corrected chi connectivity index (χ1v) is 9.56. The number of likely N-dealkylation sites (tertiary alicyclic amines) is 1. The summed E-state index contributed by atoms with van der Waals surface area (Å²) in [4.78, 5) is 14.0. The van der Waals surface area contributed by atoms with Gasteiger partial charge < -0.3 is 14.4 Å². The van der Waals surface area contributed by atoms with E-state index in [0.29, 0.717) is 18.7 Å². The van der Waals surface area contributed by atoms with E-state index in [4.69, 9.17) is 14.6 Å². The fourth-order valence-corrected chi connectivity index (χ4v) is 3.44. The number of methoxy groups -OCH3 is 1. The average Bonchev–Trinajstić information content (AvgIpc) is 3.02. The summed E-state index contributed by atoms with van der Waals surface area (Å²) in [5.41, 5.74) is 1.97. The Hall–Kier alpha value is -2.57. The Kier molecular flexibility index (Phi) is 5.63. The summed E-state index contributed by atoms with van der Waals surface area (Å²) >= 11 is 0. The summed E-state index contributed by atoms with van der Waals surface area (Å²) in [6, 6.07) is 7.02. The molecule has 7 heteroatoms. The second-order valence-electron chi connectivity index (χ2n) is 8.16. The fraction of sp³-hybridized carbons (Fsp3) is 0.524. The highest BCUT2D eigenvalue weighted by Crippen LogP contribution is 2.29. The van der Waals surface area contributed by atoms with Crippen LogP contribution in [0.3, 0.4) is 0 Å². The number of nitrogens with zero attached hydrogens (tertiary/aromatic N) is 3. The average molecular weight is 389 g/mol. The van der Waals surface area contributed by atoms with Gasteiger partial charge in [0, 0.05) is 24.3 Å². The van der Waals surface area contributed by atoms with Gasteiger partial charge in [0.05, 0.1) is 18.8 Å². The van der Waals surface area contributed by atoms with Gasteiger partial charge in [-0.1, -0.05) is 0 Å². The molecular formula is C21H28FN3O3. The Bertz CT molecular complexity index is 849. The molecule has 0 bridgehead atoms. The van der Waals surface area contributed by atoms with Crippen LogP contribution in [0.15, 0.2) is 24.3 Å². The van der Waals surface area contributed by atoms with E-state index in [1.165, 1.54) is 13.2 Å². The van der Waals surface area contributed by atoms with Gasteiger partial charge in [-0.25, -0.2) is 9.18 Å².